The first kappa shape index (κ1) is 10.3. The van der Waals surface area contributed by atoms with E-state index < -0.39 is 0 Å². The maximum atomic E-state index is 11.6. The third-order valence-electron chi connectivity index (χ3n) is 2.89. The molecule has 13 heavy (non-hydrogen) atoms. The SMILES string of the molecule is C=CN1CCCC(C(C)C)CC1=O. The number of nitrogens with zero attached hydrogens (tertiary/aromatic N) is 1. The topological polar surface area (TPSA) is 20.3 Å². The number of amides is 1. The first-order chi connectivity index (χ1) is 6.15. The van der Waals surface area contributed by atoms with Crippen molar-refractivity contribution >= 4 is 5.91 Å². The van der Waals surface area contributed by atoms with Crippen molar-refractivity contribution in [2.24, 2.45) is 11.8 Å². The van der Waals surface area contributed by atoms with Gasteiger partial charge in [-0.3, -0.25) is 4.79 Å². The molecular formula is C11H19NO. The number of hydrogen-bond acceptors (Lipinski definition) is 1. The first-order valence-corrected chi connectivity index (χ1v) is 5.07. The average molecular weight is 181 g/mol. The van der Waals surface area contributed by atoms with Gasteiger partial charge in [0.1, 0.15) is 0 Å². The van der Waals surface area contributed by atoms with Crippen molar-refractivity contribution in [2.75, 3.05) is 6.54 Å². The summed E-state index contributed by atoms with van der Waals surface area (Å²) in [6.07, 6.45) is 4.64. The van der Waals surface area contributed by atoms with E-state index >= 15 is 0 Å². The van der Waals surface area contributed by atoms with E-state index in [0.29, 0.717) is 18.3 Å². The quantitative estimate of drug-likeness (QED) is 0.640. The highest BCUT2D eigenvalue weighted by atomic mass is 16.2. The molecule has 0 aromatic carbocycles. The highest BCUT2D eigenvalue weighted by Crippen LogP contribution is 2.25. The first-order valence-electron chi connectivity index (χ1n) is 5.07. The van der Waals surface area contributed by atoms with E-state index in [0.717, 1.165) is 13.0 Å². The van der Waals surface area contributed by atoms with Crippen molar-refractivity contribution in [2.45, 2.75) is 33.1 Å². The van der Waals surface area contributed by atoms with Gasteiger partial charge in [0.15, 0.2) is 0 Å². The monoisotopic (exact) mass is 181 g/mol. The van der Waals surface area contributed by atoms with E-state index in [2.05, 4.69) is 20.4 Å². The van der Waals surface area contributed by atoms with Crippen LogP contribution in [0.4, 0.5) is 0 Å². The van der Waals surface area contributed by atoms with E-state index in [-0.39, 0.29) is 5.91 Å². The molecule has 1 saturated heterocycles. The van der Waals surface area contributed by atoms with E-state index in [4.69, 9.17) is 0 Å². The molecule has 0 aromatic heterocycles. The summed E-state index contributed by atoms with van der Waals surface area (Å²) in [5, 5.41) is 0. The Bertz CT molecular complexity index is 198. The third kappa shape index (κ3) is 2.58. The lowest BCUT2D eigenvalue weighted by Crippen LogP contribution is -2.25. The van der Waals surface area contributed by atoms with Gasteiger partial charge < -0.3 is 4.90 Å². The molecule has 0 radical (unpaired) electrons. The zero-order valence-corrected chi connectivity index (χ0v) is 8.62. The molecule has 0 N–H and O–H groups in total. The van der Waals surface area contributed by atoms with Crippen LogP contribution in [0.15, 0.2) is 12.8 Å². The van der Waals surface area contributed by atoms with Crippen molar-refractivity contribution in [1.29, 1.82) is 0 Å². The van der Waals surface area contributed by atoms with Crippen LogP contribution in [0.1, 0.15) is 33.1 Å². The Morgan fingerprint density at radius 3 is 2.85 bits per heavy atom. The van der Waals surface area contributed by atoms with Crippen LogP contribution in [0, 0.1) is 11.8 Å². The standard InChI is InChI=1S/C11H19NO/c1-4-12-7-5-6-10(9(2)3)8-11(12)13/h4,9-10H,1,5-8H2,2-3H3. The molecular weight excluding hydrogens is 162 g/mol. The summed E-state index contributed by atoms with van der Waals surface area (Å²) < 4.78 is 0. The van der Waals surface area contributed by atoms with Crippen LogP contribution in [0.3, 0.4) is 0 Å². The van der Waals surface area contributed by atoms with E-state index in [1.165, 1.54) is 6.42 Å². The van der Waals surface area contributed by atoms with E-state index in [1.807, 2.05) is 0 Å². The molecule has 1 amide bonds. The second-order valence-corrected chi connectivity index (χ2v) is 4.12. The van der Waals surface area contributed by atoms with Crippen molar-refractivity contribution in [3.05, 3.63) is 12.8 Å². The minimum atomic E-state index is 0.242. The minimum absolute atomic E-state index is 0.242. The summed E-state index contributed by atoms with van der Waals surface area (Å²) in [5.41, 5.74) is 0. The predicted octanol–water partition coefficient (Wildman–Crippen LogP) is 2.41. The van der Waals surface area contributed by atoms with Gasteiger partial charge in [0.05, 0.1) is 0 Å². The zero-order valence-electron chi connectivity index (χ0n) is 8.62. The van der Waals surface area contributed by atoms with Gasteiger partial charge in [0.25, 0.3) is 0 Å². The molecule has 0 bridgehead atoms. The van der Waals surface area contributed by atoms with Crippen molar-refractivity contribution in [3.63, 3.8) is 0 Å². The summed E-state index contributed by atoms with van der Waals surface area (Å²) in [7, 11) is 0. The van der Waals surface area contributed by atoms with E-state index in [1.54, 1.807) is 11.1 Å². The number of carbonyl (C=O) groups excluding carboxylic acids is 1. The Morgan fingerprint density at radius 2 is 2.31 bits per heavy atom. The molecule has 1 rings (SSSR count). The van der Waals surface area contributed by atoms with Gasteiger partial charge in [-0.25, -0.2) is 0 Å². The Hall–Kier alpha value is -0.790. The molecule has 2 nitrogen and oxygen atoms in total. The van der Waals surface area contributed by atoms with Crippen LogP contribution in [0.5, 0.6) is 0 Å². The molecule has 1 heterocycles. The third-order valence-corrected chi connectivity index (χ3v) is 2.89. The molecule has 1 atom stereocenters. The number of hydrogen-bond donors (Lipinski definition) is 0. The molecule has 2 heteroatoms. The summed E-state index contributed by atoms with van der Waals surface area (Å²) in [6, 6.07) is 0. The fourth-order valence-electron chi connectivity index (χ4n) is 1.85. The fraction of sp³-hybridized carbons (Fsp3) is 0.727. The molecule has 1 unspecified atom stereocenters. The Labute approximate surface area is 80.6 Å². The Morgan fingerprint density at radius 1 is 1.62 bits per heavy atom. The average Bonchev–Trinajstić information content (AvgIpc) is 2.26. The largest absolute Gasteiger partial charge is 0.320 e. The Balaban J connectivity index is 2.60. The summed E-state index contributed by atoms with van der Waals surface area (Å²) in [5.74, 6) is 1.43. The summed E-state index contributed by atoms with van der Waals surface area (Å²) in [6.45, 7) is 8.90. The van der Waals surface area contributed by atoms with Crippen LogP contribution >= 0.6 is 0 Å². The summed E-state index contributed by atoms with van der Waals surface area (Å²) in [4.78, 5) is 13.4. The normalized spacial score (nSPS) is 24.7. The van der Waals surface area contributed by atoms with Gasteiger partial charge in [0.2, 0.25) is 5.91 Å². The number of carbonyl (C=O) groups is 1. The number of likely N-dealkylation sites (tertiary alicyclic amines) is 1. The van der Waals surface area contributed by atoms with Gasteiger partial charge in [-0.15, -0.1) is 0 Å². The second kappa shape index (κ2) is 4.45. The van der Waals surface area contributed by atoms with Crippen LogP contribution in [0.2, 0.25) is 0 Å². The lowest BCUT2D eigenvalue weighted by atomic mass is 9.89. The molecule has 1 aliphatic heterocycles. The van der Waals surface area contributed by atoms with Crippen LogP contribution < -0.4 is 0 Å². The predicted molar refractivity (Wildman–Crippen MR) is 54.1 cm³/mol. The lowest BCUT2D eigenvalue weighted by molar-refractivity contribution is -0.129. The summed E-state index contributed by atoms with van der Waals surface area (Å²) >= 11 is 0. The minimum Gasteiger partial charge on any atom is -0.320 e. The van der Waals surface area contributed by atoms with Crippen LogP contribution in [0.25, 0.3) is 0 Å². The van der Waals surface area contributed by atoms with E-state index in [9.17, 15) is 4.79 Å². The molecule has 1 fully saturated rings. The second-order valence-electron chi connectivity index (χ2n) is 4.12. The fourth-order valence-corrected chi connectivity index (χ4v) is 1.85. The van der Waals surface area contributed by atoms with Gasteiger partial charge in [-0.2, -0.15) is 0 Å². The van der Waals surface area contributed by atoms with Crippen molar-refractivity contribution in [1.82, 2.24) is 4.90 Å². The molecule has 0 aliphatic carbocycles. The van der Waals surface area contributed by atoms with Crippen LogP contribution in [-0.4, -0.2) is 17.4 Å². The van der Waals surface area contributed by atoms with Gasteiger partial charge >= 0.3 is 0 Å². The van der Waals surface area contributed by atoms with Crippen LogP contribution in [-0.2, 0) is 4.79 Å². The highest BCUT2D eigenvalue weighted by molar-refractivity contribution is 5.77. The molecule has 74 valence electrons. The lowest BCUT2D eigenvalue weighted by Gasteiger charge is -2.17. The maximum absolute atomic E-state index is 11.6. The molecule has 0 spiro atoms. The maximum Gasteiger partial charge on any atom is 0.226 e. The van der Waals surface area contributed by atoms with Crippen molar-refractivity contribution in [3.8, 4) is 0 Å². The molecule has 0 aromatic rings. The van der Waals surface area contributed by atoms with Gasteiger partial charge in [-0.05, 0) is 30.9 Å². The van der Waals surface area contributed by atoms with Crippen molar-refractivity contribution < 1.29 is 4.79 Å². The highest BCUT2D eigenvalue weighted by Gasteiger charge is 2.23. The smallest absolute Gasteiger partial charge is 0.226 e. The zero-order chi connectivity index (χ0) is 9.84. The molecule has 0 saturated carbocycles. The van der Waals surface area contributed by atoms with Gasteiger partial charge in [-0.1, -0.05) is 20.4 Å². The number of rotatable bonds is 2. The van der Waals surface area contributed by atoms with Gasteiger partial charge in [0, 0.05) is 13.0 Å². The Kier molecular flexibility index (Phi) is 3.52. The molecule has 1 aliphatic rings.